The number of amides is 1. The van der Waals surface area contributed by atoms with E-state index in [2.05, 4.69) is 15.9 Å². The Kier molecular flexibility index (Phi) is 4.65. The van der Waals surface area contributed by atoms with E-state index in [1.165, 1.54) is 0 Å². The summed E-state index contributed by atoms with van der Waals surface area (Å²) in [5.74, 6) is 0. The van der Waals surface area contributed by atoms with Crippen LogP contribution in [-0.4, -0.2) is 22.6 Å². The predicted molar refractivity (Wildman–Crippen MR) is 84.0 cm³/mol. The van der Waals surface area contributed by atoms with Crippen LogP contribution in [0.25, 0.3) is 0 Å². The number of carbonyl (C=O) groups is 1. The fourth-order valence-corrected chi connectivity index (χ4v) is 2.88. The number of hydrogen-bond acceptors (Lipinski definition) is 2. The van der Waals surface area contributed by atoms with Crippen molar-refractivity contribution >= 4 is 33.6 Å². The standard InChI is InChI=1S/C15H19BrClNO2/c1-15(2,3)20-14(19)18(13-4-5-13)9-10-6-11(16)8-12(17)7-10/h6-8,13H,4-5,9H2,1-3H3. The lowest BCUT2D eigenvalue weighted by Gasteiger charge is -2.27. The second kappa shape index (κ2) is 5.94. The first kappa shape index (κ1) is 15.6. The zero-order valence-electron chi connectivity index (χ0n) is 12.0. The van der Waals surface area contributed by atoms with Crippen LogP contribution in [0.4, 0.5) is 4.79 Å². The van der Waals surface area contributed by atoms with Crippen LogP contribution in [0.3, 0.4) is 0 Å². The molecule has 0 atom stereocenters. The third kappa shape index (κ3) is 4.67. The first-order chi connectivity index (χ1) is 9.24. The van der Waals surface area contributed by atoms with Crippen molar-refractivity contribution in [2.45, 2.75) is 51.8 Å². The van der Waals surface area contributed by atoms with Crippen molar-refractivity contribution < 1.29 is 9.53 Å². The van der Waals surface area contributed by atoms with Crippen molar-refractivity contribution in [3.63, 3.8) is 0 Å². The van der Waals surface area contributed by atoms with Crippen molar-refractivity contribution in [3.05, 3.63) is 33.3 Å². The van der Waals surface area contributed by atoms with Gasteiger partial charge in [-0.15, -0.1) is 0 Å². The summed E-state index contributed by atoms with van der Waals surface area (Å²) in [6.07, 6.45) is 1.83. The minimum atomic E-state index is -0.473. The molecule has 1 amide bonds. The Morgan fingerprint density at radius 3 is 2.55 bits per heavy atom. The number of nitrogens with zero attached hydrogens (tertiary/aromatic N) is 1. The maximum Gasteiger partial charge on any atom is 0.410 e. The van der Waals surface area contributed by atoms with E-state index < -0.39 is 5.60 Å². The summed E-state index contributed by atoms with van der Waals surface area (Å²) < 4.78 is 6.39. The summed E-state index contributed by atoms with van der Waals surface area (Å²) >= 11 is 9.47. The van der Waals surface area contributed by atoms with Crippen LogP contribution in [0, 0.1) is 0 Å². The lowest BCUT2D eigenvalue weighted by atomic mass is 10.2. The molecule has 20 heavy (non-hydrogen) atoms. The molecule has 110 valence electrons. The average molecular weight is 361 g/mol. The molecule has 1 aliphatic carbocycles. The minimum Gasteiger partial charge on any atom is -0.444 e. The molecular weight excluding hydrogens is 342 g/mol. The fraction of sp³-hybridized carbons (Fsp3) is 0.533. The molecule has 0 radical (unpaired) electrons. The maximum absolute atomic E-state index is 12.3. The summed E-state index contributed by atoms with van der Waals surface area (Å²) in [7, 11) is 0. The number of hydrogen-bond donors (Lipinski definition) is 0. The molecule has 2 rings (SSSR count). The van der Waals surface area contributed by atoms with Gasteiger partial charge in [0.2, 0.25) is 0 Å². The van der Waals surface area contributed by atoms with Gasteiger partial charge in [0.15, 0.2) is 0 Å². The van der Waals surface area contributed by atoms with Crippen LogP contribution in [0.15, 0.2) is 22.7 Å². The van der Waals surface area contributed by atoms with E-state index in [1.807, 2.05) is 39.0 Å². The van der Waals surface area contributed by atoms with Gasteiger partial charge in [-0.2, -0.15) is 0 Å². The molecule has 1 aromatic rings. The zero-order valence-corrected chi connectivity index (χ0v) is 14.3. The van der Waals surface area contributed by atoms with E-state index in [0.717, 1.165) is 22.9 Å². The Balaban J connectivity index is 2.11. The van der Waals surface area contributed by atoms with Crippen molar-refractivity contribution in [2.24, 2.45) is 0 Å². The van der Waals surface area contributed by atoms with Gasteiger partial charge in [0.05, 0.1) is 0 Å². The van der Waals surface area contributed by atoms with Crippen molar-refractivity contribution in [1.29, 1.82) is 0 Å². The summed E-state index contributed by atoms with van der Waals surface area (Å²) in [4.78, 5) is 14.1. The highest BCUT2D eigenvalue weighted by Gasteiger charge is 2.35. The molecular formula is C15H19BrClNO2. The van der Waals surface area contributed by atoms with Gasteiger partial charge in [0.25, 0.3) is 0 Å². The van der Waals surface area contributed by atoms with Gasteiger partial charge in [-0.1, -0.05) is 27.5 Å². The van der Waals surface area contributed by atoms with Crippen LogP contribution in [0.2, 0.25) is 5.02 Å². The molecule has 1 aliphatic rings. The highest BCUT2D eigenvalue weighted by Crippen LogP contribution is 2.31. The normalized spacial score (nSPS) is 15.1. The Hall–Kier alpha value is -0.740. The van der Waals surface area contributed by atoms with Crippen LogP contribution in [0.5, 0.6) is 0 Å². The lowest BCUT2D eigenvalue weighted by molar-refractivity contribution is 0.0216. The van der Waals surface area contributed by atoms with Crippen LogP contribution >= 0.6 is 27.5 Å². The number of benzene rings is 1. The van der Waals surface area contributed by atoms with Crippen molar-refractivity contribution in [2.75, 3.05) is 0 Å². The van der Waals surface area contributed by atoms with E-state index in [1.54, 1.807) is 4.90 Å². The number of ether oxygens (including phenoxy) is 1. The zero-order chi connectivity index (χ0) is 14.9. The molecule has 0 N–H and O–H groups in total. The van der Waals surface area contributed by atoms with E-state index >= 15 is 0 Å². The average Bonchev–Trinajstić information content (AvgIpc) is 3.05. The Labute approximate surface area is 133 Å². The molecule has 0 aromatic heterocycles. The largest absolute Gasteiger partial charge is 0.444 e. The van der Waals surface area contributed by atoms with Gasteiger partial charge in [0.1, 0.15) is 5.60 Å². The molecule has 0 aliphatic heterocycles. The fourth-order valence-electron chi connectivity index (χ4n) is 1.95. The third-order valence-corrected chi connectivity index (χ3v) is 3.57. The summed E-state index contributed by atoms with van der Waals surface area (Å²) in [5.41, 5.74) is 0.529. The summed E-state index contributed by atoms with van der Waals surface area (Å²) in [5, 5.41) is 0.661. The first-order valence-electron chi connectivity index (χ1n) is 6.69. The maximum atomic E-state index is 12.3. The number of carbonyl (C=O) groups excluding carboxylic acids is 1. The van der Waals surface area contributed by atoms with E-state index in [-0.39, 0.29) is 6.09 Å². The Morgan fingerprint density at radius 1 is 1.40 bits per heavy atom. The summed E-state index contributed by atoms with van der Waals surface area (Å²) in [6, 6.07) is 5.99. The van der Waals surface area contributed by atoms with Gasteiger partial charge in [-0.3, -0.25) is 0 Å². The van der Waals surface area contributed by atoms with Gasteiger partial charge in [0, 0.05) is 22.1 Å². The molecule has 3 nitrogen and oxygen atoms in total. The van der Waals surface area contributed by atoms with E-state index in [9.17, 15) is 4.79 Å². The molecule has 1 fully saturated rings. The monoisotopic (exact) mass is 359 g/mol. The smallest absolute Gasteiger partial charge is 0.410 e. The van der Waals surface area contributed by atoms with Crippen LogP contribution in [-0.2, 0) is 11.3 Å². The van der Waals surface area contributed by atoms with Gasteiger partial charge >= 0.3 is 6.09 Å². The first-order valence-corrected chi connectivity index (χ1v) is 7.86. The molecule has 1 saturated carbocycles. The summed E-state index contributed by atoms with van der Waals surface area (Å²) in [6.45, 7) is 6.17. The van der Waals surface area contributed by atoms with E-state index in [4.69, 9.17) is 16.3 Å². The number of rotatable bonds is 3. The predicted octanol–water partition coefficient (Wildman–Crippen LogP) is 5.00. The second-order valence-electron chi connectivity index (χ2n) is 6.12. The third-order valence-electron chi connectivity index (χ3n) is 2.89. The molecule has 0 unspecified atom stereocenters. The Morgan fingerprint density at radius 2 is 2.05 bits per heavy atom. The number of halogens is 2. The molecule has 5 heteroatoms. The quantitative estimate of drug-likeness (QED) is 0.759. The Bertz CT molecular complexity index is 489. The second-order valence-corrected chi connectivity index (χ2v) is 7.47. The van der Waals surface area contributed by atoms with Gasteiger partial charge in [-0.05, 0) is 57.4 Å². The van der Waals surface area contributed by atoms with Gasteiger partial charge in [-0.25, -0.2) is 4.79 Å². The SMILES string of the molecule is CC(C)(C)OC(=O)N(Cc1cc(Cl)cc(Br)c1)C1CC1. The van der Waals surface area contributed by atoms with Crippen molar-refractivity contribution in [3.8, 4) is 0 Å². The molecule has 0 heterocycles. The minimum absolute atomic E-state index is 0.254. The lowest BCUT2D eigenvalue weighted by Crippen LogP contribution is -2.37. The topological polar surface area (TPSA) is 29.5 Å². The van der Waals surface area contributed by atoms with Crippen LogP contribution in [0.1, 0.15) is 39.2 Å². The van der Waals surface area contributed by atoms with E-state index in [0.29, 0.717) is 17.6 Å². The van der Waals surface area contributed by atoms with Crippen molar-refractivity contribution in [1.82, 2.24) is 4.90 Å². The van der Waals surface area contributed by atoms with Gasteiger partial charge < -0.3 is 9.64 Å². The molecule has 0 bridgehead atoms. The molecule has 0 saturated heterocycles. The highest BCUT2D eigenvalue weighted by molar-refractivity contribution is 9.10. The van der Waals surface area contributed by atoms with Crippen LogP contribution < -0.4 is 0 Å². The molecule has 0 spiro atoms. The highest BCUT2D eigenvalue weighted by atomic mass is 79.9. The molecule has 1 aromatic carbocycles.